The molecule has 0 radical (unpaired) electrons. The minimum Gasteiger partial charge on any atom is -0.403 e. The summed E-state index contributed by atoms with van der Waals surface area (Å²) in [6.45, 7) is -0.395. The lowest BCUT2D eigenvalue weighted by Crippen LogP contribution is -2.50. The van der Waals surface area contributed by atoms with Gasteiger partial charge in [0.15, 0.2) is 0 Å². The Morgan fingerprint density at radius 3 is 2.49 bits per heavy atom. The average Bonchev–Trinajstić information content (AvgIpc) is 2.79. The third-order valence-corrected chi connectivity index (χ3v) is 6.06. The maximum Gasteiger partial charge on any atom is 0.249 e. The molecule has 0 heterocycles. The number of nitrogens with zero attached hydrogens (tertiary/aromatic N) is 2. The van der Waals surface area contributed by atoms with E-state index in [4.69, 9.17) is 23.2 Å². The van der Waals surface area contributed by atoms with Crippen molar-refractivity contribution in [2.45, 2.75) is 43.7 Å². The van der Waals surface area contributed by atoms with E-state index >= 15 is 0 Å². The molecule has 0 aromatic heterocycles. The van der Waals surface area contributed by atoms with Crippen LogP contribution in [0.25, 0.3) is 0 Å². The third kappa shape index (κ3) is 6.89. The van der Waals surface area contributed by atoms with Gasteiger partial charge in [-0.15, -0.1) is 0 Å². The van der Waals surface area contributed by atoms with E-state index in [1.165, 1.54) is 24.4 Å². The molecule has 1 fully saturated rings. The maximum atomic E-state index is 14.2. The third-order valence-electron chi connectivity index (χ3n) is 5.72. The van der Waals surface area contributed by atoms with Gasteiger partial charge in [0.2, 0.25) is 17.7 Å². The van der Waals surface area contributed by atoms with Crippen LogP contribution in [0, 0.1) is 5.82 Å². The number of hydrogen-bond acceptors (Lipinski definition) is 5. The number of nitrogens with one attached hydrogen (secondary N) is 1. The number of alkyl halides is 2. The first-order valence-electron chi connectivity index (χ1n) is 11.0. The van der Waals surface area contributed by atoms with Crippen molar-refractivity contribution >= 4 is 29.1 Å². The van der Waals surface area contributed by atoms with Crippen molar-refractivity contribution in [2.24, 2.45) is 11.6 Å². The van der Waals surface area contributed by atoms with E-state index in [9.17, 15) is 22.8 Å². The Labute approximate surface area is 206 Å². The lowest BCUT2D eigenvalue weighted by molar-refractivity contribution is -0.128. The second kappa shape index (κ2) is 11.5. The molecule has 3 rings (SSSR count). The Morgan fingerprint density at radius 1 is 1.17 bits per heavy atom. The van der Waals surface area contributed by atoms with E-state index in [0.717, 1.165) is 22.2 Å². The first-order chi connectivity index (χ1) is 16.6. The molecule has 1 unspecified atom stereocenters. The first-order valence-corrected chi connectivity index (χ1v) is 11.4. The molecule has 1 aliphatic carbocycles. The second-order valence-electron chi connectivity index (χ2n) is 8.32. The molecule has 2 aromatic carbocycles. The van der Waals surface area contributed by atoms with E-state index in [1.54, 1.807) is 24.3 Å². The van der Waals surface area contributed by atoms with Crippen LogP contribution in [-0.2, 0) is 9.59 Å². The lowest BCUT2D eigenvalue weighted by Gasteiger charge is -2.35. The zero-order valence-electron chi connectivity index (χ0n) is 18.8. The van der Waals surface area contributed by atoms with Gasteiger partial charge in [0.05, 0.1) is 0 Å². The number of amides is 2. The Hall–Kier alpha value is -3.24. The number of carbonyl (C=O) groups excluding carboxylic acids is 2. The molecule has 0 bridgehead atoms. The van der Waals surface area contributed by atoms with Crippen molar-refractivity contribution in [3.8, 4) is 0 Å². The topological polar surface area (TPSA) is 105 Å². The van der Waals surface area contributed by atoms with Gasteiger partial charge in [-0.25, -0.2) is 19.0 Å². The zero-order valence-corrected chi connectivity index (χ0v) is 19.6. The number of halogens is 4. The van der Waals surface area contributed by atoms with Crippen LogP contribution in [-0.4, -0.2) is 35.3 Å². The van der Waals surface area contributed by atoms with Crippen molar-refractivity contribution in [1.29, 1.82) is 0 Å². The fraction of sp³-hybridized carbons (Fsp3) is 0.333. The van der Waals surface area contributed by atoms with Gasteiger partial charge in [-0.05, 0) is 37.1 Å². The summed E-state index contributed by atoms with van der Waals surface area (Å²) in [5, 5.41) is 3.99. The predicted octanol–water partition coefficient (Wildman–Crippen LogP) is 3.85. The van der Waals surface area contributed by atoms with Gasteiger partial charge in [-0.3, -0.25) is 14.5 Å². The van der Waals surface area contributed by atoms with Crippen LogP contribution < -0.4 is 21.8 Å². The van der Waals surface area contributed by atoms with E-state index in [2.05, 4.69) is 5.32 Å². The van der Waals surface area contributed by atoms with Crippen LogP contribution in [0.1, 0.15) is 37.3 Å². The molecule has 2 amide bonds. The van der Waals surface area contributed by atoms with E-state index < -0.39 is 42.2 Å². The molecule has 11 heteroatoms. The molecule has 1 saturated carbocycles. The first kappa shape index (κ1) is 26.4. The Bertz CT molecular complexity index is 1070. The Balaban J connectivity index is 2.03. The van der Waals surface area contributed by atoms with E-state index in [1.807, 2.05) is 0 Å². The van der Waals surface area contributed by atoms with Gasteiger partial charge >= 0.3 is 0 Å². The van der Waals surface area contributed by atoms with Crippen LogP contribution in [0.3, 0.4) is 0 Å². The summed E-state index contributed by atoms with van der Waals surface area (Å²) in [7, 11) is 0. The number of hydrogen-bond donors (Lipinski definition) is 3. The summed E-state index contributed by atoms with van der Waals surface area (Å²) in [4.78, 5) is 28.1. The summed E-state index contributed by atoms with van der Waals surface area (Å²) in [6.07, 6.45) is 1.86. The fourth-order valence-corrected chi connectivity index (χ4v) is 4.26. The maximum absolute atomic E-state index is 14.2. The van der Waals surface area contributed by atoms with Crippen molar-refractivity contribution in [2.75, 3.05) is 11.4 Å². The highest BCUT2D eigenvalue weighted by Crippen LogP contribution is 2.35. The summed E-state index contributed by atoms with van der Waals surface area (Å²) in [6, 6.07) is 9.77. The minimum absolute atomic E-state index is 0.0831. The van der Waals surface area contributed by atoms with Gasteiger partial charge in [0.25, 0.3) is 0 Å². The molecule has 2 aromatic rings. The quantitative estimate of drug-likeness (QED) is 0.370. The molecule has 1 atom stereocenters. The molecule has 7 nitrogen and oxygen atoms in total. The molecule has 35 heavy (non-hydrogen) atoms. The Morgan fingerprint density at radius 2 is 1.86 bits per heavy atom. The van der Waals surface area contributed by atoms with E-state index in [0.29, 0.717) is 0 Å². The Kier molecular flexibility index (Phi) is 8.63. The van der Waals surface area contributed by atoms with Crippen molar-refractivity contribution in [3.63, 3.8) is 0 Å². The highest BCUT2D eigenvalue weighted by atomic mass is 35.5. The number of rotatable bonds is 8. The van der Waals surface area contributed by atoms with Crippen LogP contribution in [0.5, 0.6) is 0 Å². The van der Waals surface area contributed by atoms with Crippen LogP contribution in [0.15, 0.2) is 60.9 Å². The molecule has 0 spiro atoms. The van der Waals surface area contributed by atoms with Crippen molar-refractivity contribution in [3.05, 3.63) is 77.3 Å². The fourth-order valence-electron chi connectivity index (χ4n) is 4.02. The SMILES string of the molecule is N/C=C\N(N)CC(=O)N(c1cccc(F)c1)C(C(=O)NC1CCC(F)(F)CC1)c1ccccc1Cl. The average molecular weight is 510 g/mol. The number of carbonyl (C=O) groups is 2. The van der Waals surface area contributed by atoms with E-state index in [-0.39, 0.29) is 42.0 Å². The van der Waals surface area contributed by atoms with Crippen molar-refractivity contribution in [1.82, 2.24) is 10.3 Å². The van der Waals surface area contributed by atoms with Gasteiger partial charge in [0, 0.05) is 47.6 Å². The molecular formula is C24H27ClF3N5O2. The van der Waals surface area contributed by atoms with Gasteiger partial charge < -0.3 is 16.1 Å². The van der Waals surface area contributed by atoms with Gasteiger partial charge in [-0.2, -0.15) is 0 Å². The lowest BCUT2D eigenvalue weighted by atomic mass is 9.91. The smallest absolute Gasteiger partial charge is 0.249 e. The van der Waals surface area contributed by atoms with Crippen LogP contribution >= 0.6 is 11.6 Å². The number of benzene rings is 2. The van der Waals surface area contributed by atoms with Gasteiger partial charge in [0.1, 0.15) is 18.4 Å². The highest BCUT2D eigenvalue weighted by Gasteiger charge is 2.39. The summed E-state index contributed by atoms with van der Waals surface area (Å²) in [5.41, 5.74) is 5.72. The molecule has 0 aliphatic heterocycles. The number of anilines is 1. The second-order valence-corrected chi connectivity index (χ2v) is 8.73. The summed E-state index contributed by atoms with van der Waals surface area (Å²) < 4.78 is 41.4. The zero-order chi connectivity index (χ0) is 25.6. The molecule has 188 valence electrons. The molecule has 0 saturated heterocycles. The molecular weight excluding hydrogens is 483 g/mol. The van der Waals surface area contributed by atoms with Crippen LogP contribution in [0.4, 0.5) is 18.9 Å². The minimum atomic E-state index is -2.77. The van der Waals surface area contributed by atoms with Crippen LogP contribution in [0.2, 0.25) is 5.02 Å². The summed E-state index contributed by atoms with van der Waals surface area (Å²) in [5.74, 6) is 1.12. The molecule has 5 N–H and O–H groups in total. The number of hydrazine groups is 1. The summed E-state index contributed by atoms with van der Waals surface area (Å²) >= 11 is 6.41. The van der Waals surface area contributed by atoms with Gasteiger partial charge in [-0.1, -0.05) is 35.9 Å². The largest absolute Gasteiger partial charge is 0.403 e. The standard InChI is InChI=1S/C24H27ClF3N5O2/c25-20-7-2-1-6-19(20)22(23(35)31-17-8-10-24(27,28)11-9-17)33(18-5-3-4-16(26)14-18)21(34)15-32(30)13-12-29/h1-7,12-14,17,22H,8-11,15,29-30H2,(H,31,35)/b13-12-. The van der Waals surface area contributed by atoms with Crippen molar-refractivity contribution < 1.29 is 22.8 Å². The monoisotopic (exact) mass is 509 g/mol. The predicted molar refractivity (Wildman–Crippen MR) is 128 cm³/mol. The molecule has 1 aliphatic rings. The number of nitrogens with two attached hydrogens (primary N) is 2. The normalized spacial score (nSPS) is 16.6. The highest BCUT2D eigenvalue weighted by molar-refractivity contribution is 6.31.